The van der Waals surface area contributed by atoms with Gasteiger partial charge in [-0.2, -0.15) is 0 Å². The molecule has 5 rings (SSSR count). The Morgan fingerprint density at radius 1 is 1.12 bits per heavy atom. The number of aromatic nitrogens is 1. The van der Waals surface area contributed by atoms with Gasteiger partial charge in [0.1, 0.15) is 12.5 Å². The van der Waals surface area contributed by atoms with E-state index < -0.39 is 23.8 Å². The monoisotopic (exact) mass is 426 g/mol. The van der Waals surface area contributed by atoms with Crippen LogP contribution in [0.1, 0.15) is 25.3 Å². The van der Waals surface area contributed by atoms with E-state index in [0.29, 0.717) is 17.0 Å². The zero-order valence-corrected chi connectivity index (χ0v) is 17.9. The van der Waals surface area contributed by atoms with E-state index in [1.807, 2.05) is 54.7 Å². The Balaban J connectivity index is 1.73. The summed E-state index contributed by atoms with van der Waals surface area (Å²) < 4.78 is 10.7. The van der Waals surface area contributed by atoms with Crippen molar-refractivity contribution in [3.8, 4) is 11.1 Å². The molecule has 0 saturated heterocycles. The van der Waals surface area contributed by atoms with Gasteiger partial charge in [-0.15, -0.1) is 0 Å². The zero-order chi connectivity index (χ0) is 22.2. The summed E-state index contributed by atoms with van der Waals surface area (Å²) in [5, 5.41) is 0.884. The third-order valence-corrected chi connectivity index (χ3v) is 6.02. The van der Waals surface area contributed by atoms with Gasteiger partial charge in [0.25, 0.3) is 0 Å². The Kier molecular flexibility index (Phi) is 5.05. The zero-order valence-electron chi connectivity index (χ0n) is 17.9. The molecule has 32 heavy (non-hydrogen) atoms. The molecular weight excluding hydrogens is 404 g/mol. The number of benzene rings is 2. The van der Waals surface area contributed by atoms with Crippen LogP contribution in [-0.2, 0) is 19.1 Å². The van der Waals surface area contributed by atoms with Crippen LogP contribution >= 0.6 is 0 Å². The van der Waals surface area contributed by atoms with Crippen molar-refractivity contribution >= 4 is 28.6 Å². The van der Waals surface area contributed by atoms with E-state index in [1.165, 1.54) is 0 Å². The number of hydrogen-bond donors (Lipinski definition) is 0. The quantitative estimate of drug-likeness (QED) is 0.576. The lowest BCUT2D eigenvalue weighted by Crippen LogP contribution is -2.35. The van der Waals surface area contributed by atoms with Crippen LogP contribution in [0.5, 0.6) is 0 Å². The number of ether oxygens (including phenoxy) is 2. The largest absolute Gasteiger partial charge is 0.465 e. The van der Waals surface area contributed by atoms with E-state index in [9.17, 15) is 9.59 Å². The van der Waals surface area contributed by atoms with Gasteiger partial charge in [0.05, 0.1) is 23.4 Å². The lowest BCUT2D eigenvalue weighted by molar-refractivity contribution is -0.146. The van der Waals surface area contributed by atoms with Gasteiger partial charge >= 0.3 is 11.9 Å². The Morgan fingerprint density at radius 3 is 2.72 bits per heavy atom. The summed E-state index contributed by atoms with van der Waals surface area (Å²) in [6, 6.07) is 17.8. The first-order valence-corrected chi connectivity index (χ1v) is 10.6. The second kappa shape index (κ2) is 8.04. The SMILES string of the molecule is CCOC(=O)C1C(C)=NC2=C(C(=O)OC2)C1c1cccc2ncc(-c3ccccc3)cc12. The molecule has 0 saturated carbocycles. The van der Waals surface area contributed by atoms with Crippen LogP contribution in [0.4, 0.5) is 0 Å². The van der Waals surface area contributed by atoms with Crippen molar-refractivity contribution in [3.63, 3.8) is 0 Å². The van der Waals surface area contributed by atoms with Crippen molar-refractivity contribution in [1.82, 2.24) is 4.98 Å². The first kappa shape index (κ1) is 20.1. The van der Waals surface area contributed by atoms with Crippen LogP contribution in [0.2, 0.25) is 0 Å². The van der Waals surface area contributed by atoms with Crippen LogP contribution in [0, 0.1) is 5.92 Å². The van der Waals surface area contributed by atoms with Crippen molar-refractivity contribution in [3.05, 3.63) is 77.6 Å². The highest BCUT2D eigenvalue weighted by Crippen LogP contribution is 2.44. The number of fused-ring (bicyclic) bond motifs is 1. The molecule has 2 aliphatic rings. The summed E-state index contributed by atoms with van der Waals surface area (Å²) in [5.41, 5.74) is 5.27. The first-order valence-electron chi connectivity index (χ1n) is 10.6. The van der Waals surface area contributed by atoms with Crippen LogP contribution < -0.4 is 0 Å². The van der Waals surface area contributed by atoms with Crippen molar-refractivity contribution in [2.75, 3.05) is 13.2 Å². The van der Waals surface area contributed by atoms with Gasteiger partial charge in [-0.1, -0.05) is 42.5 Å². The van der Waals surface area contributed by atoms with Gasteiger partial charge in [0.2, 0.25) is 0 Å². The van der Waals surface area contributed by atoms with E-state index in [-0.39, 0.29) is 13.2 Å². The summed E-state index contributed by atoms with van der Waals surface area (Å²) in [5.74, 6) is -2.08. The van der Waals surface area contributed by atoms with Crippen LogP contribution in [-0.4, -0.2) is 35.8 Å². The lowest BCUT2D eigenvalue weighted by atomic mass is 9.75. The number of nitrogens with zero attached hydrogens (tertiary/aromatic N) is 2. The summed E-state index contributed by atoms with van der Waals surface area (Å²) in [4.78, 5) is 34.9. The predicted molar refractivity (Wildman–Crippen MR) is 121 cm³/mol. The number of cyclic esters (lactones) is 1. The number of rotatable bonds is 4. The number of carbonyl (C=O) groups excluding carboxylic acids is 2. The van der Waals surface area contributed by atoms with E-state index in [1.54, 1.807) is 13.8 Å². The van der Waals surface area contributed by atoms with E-state index >= 15 is 0 Å². The molecule has 0 radical (unpaired) electrons. The van der Waals surface area contributed by atoms with Crippen molar-refractivity contribution < 1.29 is 19.1 Å². The summed E-state index contributed by atoms with van der Waals surface area (Å²) in [7, 11) is 0. The number of aliphatic imine (C=N–C) groups is 1. The molecule has 6 heteroatoms. The third kappa shape index (κ3) is 3.28. The van der Waals surface area contributed by atoms with Crippen molar-refractivity contribution in [1.29, 1.82) is 0 Å². The molecule has 3 aromatic rings. The van der Waals surface area contributed by atoms with E-state index in [0.717, 1.165) is 27.6 Å². The molecule has 3 heterocycles. The summed E-state index contributed by atoms with van der Waals surface area (Å²) in [6.45, 7) is 3.95. The maximum absolute atomic E-state index is 13.0. The van der Waals surface area contributed by atoms with Crippen molar-refractivity contribution in [2.45, 2.75) is 19.8 Å². The molecule has 0 spiro atoms. The smallest absolute Gasteiger partial charge is 0.337 e. The molecule has 2 aromatic carbocycles. The Bertz CT molecular complexity index is 1290. The van der Waals surface area contributed by atoms with Gasteiger partial charge in [-0.25, -0.2) is 4.79 Å². The van der Waals surface area contributed by atoms with Gasteiger partial charge in [-0.05, 0) is 37.1 Å². The topological polar surface area (TPSA) is 77.8 Å². The molecule has 0 fully saturated rings. The standard InChI is InChI=1S/C26H22N2O4/c1-3-31-25(29)22-15(2)28-21-14-32-26(30)24(21)23(22)18-10-7-11-20-19(18)12-17(13-27-20)16-8-5-4-6-9-16/h4-13,22-23H,3,14H2,1-2H3. The lowest BCUT2D eigenvalue weighted by Gasteiger charge is -2.30. The molecule has 0 amide bonds. The second-order valence-corrected chi connectivity index (χ2v) is 7.90. The Labute approximate surface area is 185 Å². The summed E-state index contributed by atoms with van der Waals surface area (Å²) in [6.07, 6.45) is 1.84. The fourth-order valence-corrected chi connectivity index (χ4v) is 4.60. The maximum atomic E-state index is 13.0. The summed E-state index contributed by atoms with van der Waals surface area (Å²) >= 11 is 0. The molecule has 6 nitrogen and oxygen atoms in total. The van der Waals surface area contributed by atoms with Gasteiger partial charge in [0, 0.05) is 28.8 Å². The van der Waals surface area contributed by atoms with Gasteiger partial charge < -0.3 is 9.47 Å². The minimum atomic E-state index is -0.703. The fraction of sp³-hybridized carbons (Fsp3) is 0.231. The molecule has 0 N–H and O–H groups in total. The van der Waals surface area contributed by atoms with Crippen LogP contribution in [0.15, 0.2) is 77.1 Å². The van der Waals surface area contributed by atoms with E-state index in [2.05, 4.69) is 16.0 Å². The molecule has 0 bridgehead atoms. The molecular formula is C26H22N2O4. The second-order valence-electron chi connectivity index (χ2n) is 7.90. The maximum Gasteiger partial charge on any atom is 0.337 e. The Hall–Kier alpha value is -3.80. The minimum Gasteiger partial charge on any atom is -0.465 e. The van der Waals surface area contributed by atoms with Gasteiger partial charge in [0.15, 0.2) is 0 Å². The van der Waals surface area contributed by atoms with E-state index in [4.69, 9.17) is 9.47 Å². The molecule has 0 aliphatic carbocycles. The van der Waals surface area contributed by atoms with Gasteiger partial charge in [-0.3, -0.25) is 14.8 Å². The highest BCUT2D eigenvalue weighted by molar-refractivity contribution is 6.08. The third-order valence-electron chi connectivity index (χ3n) is 6.02. The average Bonchev–Trinajstić information content (AvgIpc) is 3.18. The molecule has 2 unspecified atom stereocenters. The number of hydrogen-bond acceptors (Lipinski definition) is 6. The number of esters is 2. The fourth-order valence-electron chi connectivity index (χ4n) is 4.60. The Morgan fingerprint density at radius 2 is 1.94 bits per heavy atom. The predicted octanol–water partition coefficient (Wildman–Crippen LogP) is 4.45. The normalized spacial score (nSPS) is 20.1. The first-order chi connectivity index (χ1) is 15.6. The minimum absolute atomic E-state index is 0.121. The van der Waals surface area contributed by atoms with Crippen molar-refractivity contribution in [2.24, 2.45) is 10.9 Å². The molecule has 2 aliphatic heterocycles. The number of pyridine rings is 1. The average molecular weight is 426 g/mol. The highest BCUT2D eigenvalue weighted by Gasteiger charge is 2.45. The molecule has 1 aromatic heterocycles. The number of carbonyl (C=O) groups is 2. The van der Waals surface area contributed by atoms with Crippen LogP contribution in [0.25, 0.3) is 22.0 Å². The molecule has 2 atom stereocenters. The molecule has 160 valence electrons. The van der Waals surface area contributed by atoms with Crippen LogP contribution in [0.3, 0.4) is 0 Å². The highest BCUT2D eigenvalue weighted by atomic mass is 16.5.